The molecule has 0 aliphatic carbocycles. The normalized spacial score (nSPS) is 11.6. The SMILES string of the molecule is Cc1ncn(-c2ccc(NC(=O)CNS(=O)(=O)c3cn(C)c(C)n3)cc2)c1C. The summed E-state index contributed by atoms with van der Waals surface area (Å²) in [7, 11) is -2.15. The highest BCUT2D eigenvalue weighted by Gasteiger charge is 2.19. The van der Waals surface area contributed by atoms with Gasteiger partial charge in [0.25, 0.3) is 10.0 Å². The Morgan fingerprint density at radius 1 is 1.14 bits per heavy atom. The molecule has 0 saturated heterocycles. The first-order chi connectivity index (χ1) is 13.2. The second kappa shape index (κ2) is 7.56. The number of benzene rings is 1. The third-order valence-electron chi connectivity index (χ3n) is 4.47. The molecule has 0 bridgehead atoms. The van der Waals surface area contributed by atoms with Crippen molar-refractivity contribution in [3.05, 3.63) is 54.0 Å². The third-order valence-corrected chi connectivity index (χ3v) is 5.74. The number of aromatic nitrogens is 4. The Bertz CT molecular complexity index is 1090. The van der Waals surface area contributed by atoms with Crippen molar-refractivity contribution >= 4 is 21.6 Å². The molecule has 1 aromatic carbocycles. The number of carbonyl (C=O) groups excluding carboxylic acids is 1. The molecule has 10 heteroatoms. The number of sulfonamides is 1. The molecular weight excluding hydrogens is 380 g/mol. The van der Waals surface area contributed by atoms with Crippen molar-refractivity contribution < 1.29 is 13.2 Å². The van der Waals surface area contributed by atoms with E-state index in [9.17, 15) is 13.2 Å². The monoisotopic (exact) mass is 402 g/mol. The van der Waals surface area contributed by atoms with E-state index in [2.05, 4.69) is 20.0 Å². The van der Waals surface area contributed by atoms with Gasteiger partial charge in [0.15, 0.2) is 5.03 Å². The first-order valence-electron chi connectivity index (χ1n) is 8.58. The second-order valence-corrected chi connectivity index (χ2v) is 8.16. The lowest BCUT2D eigenvalue weighted by Crippen LogP contribution is -2.33. The molecule has 2 N–H and O–H groups in total. The molecule has 3 rings (SSSR count). The van der Waals surface area contributed by atoms with Crippen molar-refractivity contribution in [2.24, 2.45) is 7.05 Å². The first kappa shape index (κ1) is 19.8. The van der Waals surface area contributed by atoms with E-state index < -0.39 is 15.9 Å². The molecule has 1 amide bonds. The summed E-state index contributed by atoms with van der Waals surface area (Å²) in [6, 6.07) is 7.20. The molecular formula is C18H22N6O3S. The molecule has 0 saturated carbocycles. The lowest BCUT2D eigenvalue weighted by molar-refractivity contribution is -0.115. The number of aryl methyl sites for hydroxylation is 3. The van der Waals surface area contributed by atoms with Gasteiger partial charge in [-0.3, -0.25) is 4.79 Å². The van der Waals surface area contributed by atoms with Crippen LogP contribution in [0, 0.1) is 20.8 Å². The van der Waals surface area contributed by atoms with Crippen LogP contribution in [0.15, 0.2) is 41.8 Å². The van der Waals surface area contributed by atoms with Crippen LogP contribution in [0.2, 0.25) is 0 Å². The zero-order valence-electron chi connectivity index (χ0n) is 16.1. The number of nitrogens with zero attached hydrogens (tertiary/aromatic N) is 4. The van der Waals surface area contributed by atoms with Gasteiger partial charge in [-0.05, 0) is 45.0 Å². The van der Waals surface area contributed by atoms with Crippen LogP contribution in [0.3, 0.4) is 0 Å². The lowest BCUT2D eigenvalue weighted by atomic mass is 10.2. The maximum absolute atomic E-state index is 12.2. The van der Waals surface area contributed by atoms with Crippen LogP contribution >= 0.6 is 0 Å². The minimum absolute atomic E-state index is 0.115. The number of amides is 1. The predicted molar refractivity (Wildman–Crippen MR) is 105 cm³/mol. The summed E-state index contributed by atoms with van der Waals surface area (Å²) in [6.07, 6.45) is 3.14. The van der Waals surface area contributed by atoms with Gasteiger partial charge in [-0.25, -0.2) is 23.1 Å². The van der Waals surface area contributed by atoms with Gasteiger partial charge in [0.2, 0.25) is 5.91 Å². The zero-order chi connectivity index (χ0) is 20.5. The molecule has 0 fully saturated rings. The quantitative estimate of drug-likeness (QED) is 0.648. The van der Waals surface area contributed by atoms with E-state index in [-0.39, 0.29) is 11.6 Å². The maximum atomic E-state index is 12.2. The Morgan fingerprint density at radius 3 is 2.36 bits per heavy atom. The number of anilines is 1. The van der Waals surface area contributed by atoms with Gasteiger partial charge in [0, 0.05) is 30.3 Å². The number of carbonyl (C=O) groups is 1. The molecule has 0 unspecified atom stereocenters. The lowest BCUT2D eigenvalue weighted by Gasteiger charge is -2.09. The molecule has 0 aliphatic heterocycles. The van der Waals surface area contributed by atoms with Crippen LogP contribution in [0.1, 0.15) is 17.2 Å². The van der Waals surface area contributed by atoms with Crippen LogP contribution in [0.25, 0.3) is 5.69 Å². The van der Waals surface area contributed by atoms with Gasteiger partial charge in [-0.2, -0.15) is 0 Å². The van der Waals surface area contributed by atoms with Gasteiger partial charge in [0.05, 0.1) is 18.6 Å². The van der Waals surface area contributed by atoms with Gasteiger partial charge < -0.3 is 14.5 Å². The summed E-state index contributed by atoms with van der Waals surface area (Å²) in [5.74, 6) is 0.0897. The smallest absolute Gasteiger partial charge is 0.260 e. The Kier molecular flexibility index (Phi) is 5.34. The fourth-order valence-electron chi connectivity index (χ4n) is 2.56. The Labute approximate surface area is 163 Å². The molecule has 0 spiro atoms. The van der Waals surface area contributed by atoms with Gasteiger partial charge in [-0.1, -0.05) is 0 Å². The number of hydrogen-bond acceptors (Lipinski definition) is 5. The average molecular weight is 402 g/mol. The van der Waals surface area contributed by atoms with Crippen LogP contribution < -0.4 is 10.0 Å². The Hall–Kier alpha value is -2.98. The van der Waals surface area contributed by atoms with Crippen LogP contribution in [0.5, 0.6) is 0 Å². The Balaban J connectivity index is 1.61. The van der Waals surface area contributed by atoms with Gasteiger partial charge >= 0.3 is 0 Å². The topological polar surface area (TPSA) is 111 Å². The highest BCUT2D eigenvalue weighted by atomic mass is 32.2. The summed E-state index contributed by atoms with van der Waals surface area (Å²) in [5.41, 5.74) is 3.47. The largest absolute Gasteiger partial charge is 0.337 e. The van der Waals surface area contributed by atoms with E-state index >= 15 is 0 Å². The molecule has 2 heterocycles. The van der Waals surface area contributed by atoms with E-state index in [1.54, 1.807) is 37.0 Å². The second-order valence-electron chi connectivity index (χ2n) is 6.44. The van der Waals surface area contributed by atoms with Crippen molar-refractivity contribution in [1.29, 1.82) is 0 Å². The number of hydrogen-bond donors (Lipinski definition) is 2. The summed E-state index contributed by atoms with van der Waals surface area (Å²) in [5, 5.41) is 2.55. The number of rotatable bonds is 6. The fourth-order valence-corrected chi connectivity index (χ4v) is 3.58. The molecule has 28 heavy (non-hydrogen) atoms. The average Bonchev–Trinajstić information content (AvgIpc) is 3.17. The molecule has 148 valence electrons. The van der Waals surface area contributed by atoms with Gasteiger partial charge in [-0.15, -0.1) is 0 Å². The molecule has 0 atom stereocenters. The van der Waals surface area contributed by atoms with Crippen LogP contribution in [-0.2, 0) is 21.9 Å². The van der Waals surface area contributed by atoms with Gasteiger partial charge in [0.1, 0.15) is 5.82 Å². The van der Waals surface area contributed by atoms with Crippen molar-refractivity contribution in [2.75, 3.05) is 11.9 Å². The van der Waals surface area contributed by atoms with Crippen LogP contribution in [0.4, 0.5) is 5.69 Å². The fraction of sp³-hybridized carbons (Fsp3) is 0.278. The predicted octanol–water partition coefficient (Wildman–Crippen LogP) is 1.45. The zero-order valence-corrected chi connectivity index (χ0v) is 16.9. The van der Waals surface area contributed by atoms with Crippen molar-refractivity contribution in [3.63, 3.8) is 0 Å². The first-order valence-corrected chi connectivity index (χ1v) is 10.1. The summed E-state index contributed by atoms with van der Waals surface area (Å²) in [6.45, 7) is 5.22. The summed E-state index contributed by atoms with van der Waals surface area (Å²) >= 11 is 0. The maximum Gasteiger partial charge on any atom is 0.260 e. The molecule has 2 aromatic heterocycles. The minimum atomic E-state index is -3.85. The van der Waals surface area contributed by atoms with E-state index in [0.717, 1.165) is 17.1 Å². The van der Waals surface area contributed by atoms with E-state index in [4.69, 9.17) is 0 Å². The summed E-state index contributed by atoms with van der Waals surface area (Å²) in [4.78, 5) is 20.3. The third kappa shape index (κ3) is 4.12. The minimum Gasteiger partial charge on any atom is -0.337 e. The molecule has 9 nitrogen and oxygen atoms in total. The van der Waals surface area contributed by atoms with Crippen molar-refractivity contribution in [2.45, 2.75) is 25.8 Å². The molecule has 0 aliphatic rings. The van der Waals surface area contributed by atoms with E-state index in [0.29, 0.717) is 11.5 Å². The molecule has 0 radical (unpaired) electrons. The number of imidazole rings is 2. The van der Waals surface area contributed by atoms with Crippen LogP contribution in [-0.4, -0.2) is 40.0 Å². The number of nitrogens with one attached hydrogen (secondary N) is 2. The Morgan fingerprint density at radius 2 is 1.82 bits per heavy atom. The van der Waals surface area contributed by atoms with Crippen molar-refractivity contribution in [3.8, 4) is 5.69 Å². The summed E-state index contributed by atoms with van der Waals surface area (Å²) < 4.78 is 30.2. The van der Waals surface area contributed by atoms with E-state index in [1.165, 1.54) is 6.20 Å². The standard InChI is InChI=1S/C18H22N6O3S/c1-12-13(2)24(11-19-12)16-7-5-15(6-8-16)22-17(25)9-20-28(26,27)18-10-23(4)14(3)21-18/h5-8,10-11,20H,9H2,1-4H3,(H,22,25). The van der Waals surface area contributed by atoms with E-state index in [1.807, 2.05) is 30.5 Å². The highest BCUT2D eigenvalue weighted by molar-refractivity contribution is 7.89. The van der Waals surface area contributed by atoms with Crippen molar-refractivity contribution in [1.82, 2.24) is 23.8 Å². The highest BCUT2D eigenvalue weighted by Crippen LogP contribution is 2.16. The molecule has 3 aromatic rings.